The van der Waals surface area contributed by atoms with Gasteiger partial charge in [-0.05, 0) is 38.2 Å². The van der Waals surface area contributed by atoms with Crippen molar-refractivity contribution in [1.29, 1.82) is 0 Å². The second-order valence-corrected chi connectivity index (χ2v) is 4.35. The van der Waals surface area contributed by atoms with Crippen LogP contribution in [0.2, 0.25) is 0 Å². The molecule has 1 fully saturated rings. The summed E-state index contributed by atoms with van der Waals surface area (Å²) in [5.41, 5.74) is 1.23. The van der Waals surface area contributed by atoms with Gasteiger partial charge in [-0.25, -0.2) is 0 Å². The van der Waals surface area contributed by atoms with E-state index in [9.17, 15) is 4.79 Å². The maximum Gasteiger partial charge on any atom is 0.162 e. The lowest BCUT2D eigenvalue weighted by atomic mass is 9.74. The van der Waals surface area contributed by atoms with Crippen LogP contribution in [0.25, 0.3) is 0 Å². The van der Waals surface area contributed by atoms with Crippen molar-refractivity contribution in [2.45, 2.75) is 32.6 Å². The van der Waals surface area contributed by atoms with Crippen molar-refractivity contribution in [3.05, 3.63) is 24.3 Å². The third-order valence-electron chi connectivity index (χ3n) is 3.69. The second-order valence-electron chi connectivity index (χ2n) is 4.35. The zero-order chi connectivity index (χ0) is 9.47. The number of hydrogen-bond acceptors (Lipinski definition) is 1. The van der Waals surface area contributed by atoms with Gasteiger partial charge in [0.25, 0.3) is 0 Å². The van der Waals surface area contributed by atoms with E-state index < -0.39 is 0 Å². The van der Waals surface area contributed by atoms with Crippen LogP contribution in [0.3, 0.4) is 0 Å². The van der Waals surface area contributed by atoms with E-state index in [0.29, 0.717) is 11.7 Å². The number of ketones is 1. The lowest BCUT2D eigenvalue weighted by molar-refractivity contribution is -0.123. The lowest BCUT2D eigenvalue weighted by Gasteiger charge is -2.27. The Kier molecular flexibility index (Phi) is 1.90. The second kappa shape index (κ2) is 2.83. The molecule has 1 heteroatoms. The Morgan fingerprint density at radius 3 is 3.23 bits per heavy atom. The van der Waals surface area contributed by atoms with Crippen LogP contribution in [0.4, 0.5) is 0 Å². The fraction of sp³-hybridized carbons (Fsp3) is 0.583. The highest BCUT2D eigenvalue weighted by molar-refractivity contribution is 5.99. The average Bonchev–Trinajstić information content (AvgIpc) is 2.57. The van der Waals surface area contributed by atoms with E-state index in [1.165, 1.54) is 18.4 Å². The molecule has 0 unspecified atom stereocenters. The Hall–Kier alpha value is -0.850. The molecule has 0 aromatic heterocycles. The van der Waals surface area contributed by atoms with E-state index in [0.717, 1.165) is 12.8 Å². The lowest BCUT2D eigenvalue weighted by Crippen LogP contribution is -2.28. The monoisotopic (exact) mass is 176 g/mol. The van der Waals surface area contributed by atoms with E-state index in [-0.39, 0.29) is 5.41 Å². The molecule has 70 valence electrons. The third-order valence-corrected chi connectivity index (χ3v) is 3.69. The maximum atomic E-state index is 11.9. The molecule has 2 aliphatic carbocycles. The summed E-state index contributed by atoms with van der Waals surface area (Å²) in [4.78, 5) is 11.9. The molecule has 0 N–H and O–H groups in total. The number of hydrogen-bond donors (Lipinski definition) is 0. The molecule has 0 spiro atoms. The van der Waals surface area contributed by atoms with Crippen LogP contribution in [-0.4, -0.2) is 5.78 Å². The summed E-state index contributed by atoms with van der Waals surface area (Å²) < 4.78 is 0. The Labute approximate surface area is 79.5 Å². The van der Waals surface area contributed by atoms with Gasteiger partial charge in [-0.2, -0.15) is 0 Å². The van der Waals surface area contributed by atoms with E-state index in [2.05, 4.69) is 13.5 Å². The van der Waals surface area contributed by atoms with Gasteiger partial charge in [-0.15, -0.1) is 6.58 Å². The molecule has 1 saturated carbocycles. The summed E-state index contributed by atoms with van der Waals surface area (Å²) in [6, 6.07) is 0. The first-order valence-corrected chi connectivity index (χ1v) is 5.04. The summed E-state index contributed by atoms with van der Waals surface area (Å²) in [7, 11) is 0. The minimum atomic E-state index is -0.0637. The van der Waals surface area contributed by atoms with Crippen molar-refractivity contribution < 1.29 is 4.79 Å². The predicted octanol–water partition coefficient (Wildman–Crippen LogP) is 2.88. The Morgan fingerprint density at radius 1 is 1.77 bits per heavy atom. The summed E-state index contributed by atoms with van der Waals surface area (Å²) in [5, 5.41) is 0. The fourth-order valence-electron chi connectivity index (χ4n) is 3.08. The van der Waals surface area contributed by atoms with E-state index in [1.807, 2.05) is 12.2 Å². The Bertz CT molecular complexity index is 287. The molecule has 13 heavy (non-hydrogen) atoms. The minimum absolute atomic E-state index is 0.0637. The van der Waals surface area contributed by atoms with Crippen LogP contribution < -0.4 is 0 Å². The largest absolute Gasteiger partial charge is 0.294 e. The molecule has 2 atom stereocenters. The molecule has 2 rings (SSSR count). The Morgan fingerprint density at radius 2 is 2.54 bits per heavy atom. The van der Waals surface area contributed by atoms with Crippen molar-refractivity contribution in [1.82, 2.24) is 0 Å². The van der Waals surface area contributed by atoms with Crippen LogP contribution in [0, 0.1) is 11.3 Å². The van der Waals surface area contributed by atoms with Gasteiger partial charge in [0, 0.05) is 5.41 Å². The molecule has 1 nitrogen and oxygen atoms in total. The highest BCUT2D eigenvalue weighted by Crippen LogP contribution is 2.54. The smallest absolute Gasteiger partial charge is 0.162 e. The van der Waals surface area contributed by atoms with Crippen LogP contribution in [0.1, 0.15) is 32.6 Å². The van der Waals surface area contributed by atoms with E-state index in [4.69, 9.17) is 0 Å². The normalized spacial score (nSPS) is 37.5. The number of fused-ring (bicyclic) bond motifs is 1. The van der Waals surface area contributed by atoms with Crippen LogP contribution in [0.15, 0.2) is 24.3 Å². The maximum absolute atomic E-state index is 11.9. The molecule has 0 saturated heterocycles. The molecular formula is C12H16O. The van der Waals surface area contributed by atoms with Crippen LogP contribution >= 0.6 is 0 Å². The van der Waals surface area contributed by atoms with Gasteiger partial charge in [0.1, 0.15) is 0 Å². The summed E-state index contributed by atoms with van der Waals surface area (Å²) in [6.07, 6.45) is 8.09. The topological polar surface area (TPSA) is 17.1 Å². The van der Waals surface area contributed by atoms with Gasteiger partial charge in [-0.3, -0.25) is 4.79 Å². The van der Waals surface area contributed by atoms with Crippen molar-refractivity contribution >= 4 is 5.78 Å². The van der Waals surface area contributed by atoms with E-state index >= 15 is 0 Å². The first-order chi connectivity index (χ1) is 6.20. The van der Waals surface area contributed by atoms with Gasteiger partial charge < -0.3 is 0 Å². The zero-order valence-corrected chi connectivity index (χ0v) is 8.18. The average molecular weight is 176 g/mol. The van der Waals surface area contributed by atoms with Gasteiger partial charge in [0.15, 0.2) is 5.78 Å². The summed E-state index contributed by atoms with van der Waals surface area (Å²) in [5.74, 6) is 0.880. The number of carbonyl (C=O) groups is 1. The molecule has 0 aromatic rings. The molecular weight excluding hydrogens is 160 g/mol. The molecule has 2 aliphatic rings. The third kappa shape index (κ3) is 1.03. The summed E-state index contributed by atoms with van der Waals surface area (Å²) >= 11 is 0. The van der Waals surface area contributed by atoms with Crippen LogP contribution in [-0.2, 0) is 4.79 Å². The van der Waals surface area contributed by atoms with Gasteiger partial charge in [-0.1, -0.05) is 18.1 Å². The first kappa shape index (κ1) is 8.74. The summed E-state index contributed by atoms with van der Waals surface area (Å²) in [6.45, 7) is 5.86. The standard InChI is InChI=1S/C12H16O/c1-3-6-12-7-4-5-10(12)9(2)8-11(12)13/h3,8,10H,1,4-7H2,2H3/t10-,12-/m0/s1. The molecule has 0 aliphatic heterocycles. The van der Waals surface area contributed by atoms with Gasteiger partial charge >= 0.3 is 0 Å². The van der Waals surface area contributed by atoms with Gasteiger partial charge in [0.05, 0.1) is 0 Å². The van der Waals surface area contributed by atoms with Crippen molar-refractivity contribution in [2.24, 2.45) is 11.3 Å². The Balaban J connectivity index is 2.36. The number of allylic oxidation sites excluding steroid dienone is 3. The zero-order valence-electron chi connectivity index (χ0n) is 8.18. The molecule has 0 radical (unpaired) electrons. The molecule has 0 heterocycles. The SMILES string of the molecule is C=CC[C@]12CCC[C@H]1C(C)=CC2=O. The molecule has 0 bridgehead atoms. The number of rotatable bonds is 2. The molecule has 0 aromatic carbocycles. The first-order valence-electron chi connectivity index (χ1n) is 5.04. The number of carbonyl (C=O) groups excluding carboxylic acids is 1. The fourth-order valence-corrected chi connectivity index (χ4v) is 3.08. The van der Waals surface area contributed by atoms with Gasteiger partial charge in [0.2, 0.25) is 0 Å². The van der Waals surface area contributed by atoms with E-state index in [1.54, 1.807) is 0 Å². The van der Waals surface area contributed by atoms with Crippen LogP contribution in [0.5, 0.6) is 0 Å². The predicted molar refractivity (Wildman–Crippen MR) is 53.4 cm³/mol. The highest BCUT2D eigenvalue weighted by atomic mass is 16.1. The van der Waals surface area contributed by atoms with Crippen molar-refractivity contribution in [3.63, 3.8) is 0 Å². The van der Waals surface area contributed by atoms with Crippen molar-refractivity contribution in [3.8, 4) is 0 Å². The molecule has 0 amide bonds. The highest BCUT2D eigenvalue weighted by Gasteiger charge is 2.50. The minimum Gasteiger partial charge on any atom is -0.294 e. The van der Waals surface area contributed by atoms with Crippen molar-refractivity contribution in [2.75, 3.05) is 0 Å². The quantitative estimate of drug-likeness (QED) is 0.591.